The van der Waals surface area contributed by atoms with Crippen molar-refractivity contribution in [2.75, 3.05) is 23.4 Å². The van der Waals surface area contributed by atoms with Gasteiger partial charge in [0.2, 0.25) is 0 Å². The molecule has 0 radical (unpaired) electrons. The fourth-order valence-electron chi connectivity index (χ4n) is 1.27. The minimum Gasteiger partial charge on any atom is -0.384 e. The van der Waals surface area contributed by atoms with Gasteiger partial charge in [-0.1, -0.05) is 13.0 Å². The molecule has 0 heterocycles. The third-order valence-electron chi connectivity index (χ3n) is 2.37. The van der Waals surface area contributed by atoms with Gasteiger partial charge in [0.1, 0.15) is 5.82 Å². The summed E-state index contributed by atoms with van der Waals surface area (Å²) in [5, 5.41) is 2.93. The Balaban J connectivity index is 2.59. The van der Waals surface area contributed by atoms with E-state index in [1.807, 2.05) is 6.92 Å². The van der Waals surface area contributed by atoms with Gasteiger partial charge in [-0.05, 0) is 24.6 Å². The first-order chi connectivity index (χ1) is 7.44. The van der Waals surface area contributed by atoms with Crippen LogP contribution in [-0.2, 0) is 9.84 Å². The highest BCUT2D eigenvalue weighted by molar-refractivity contribution is 7.91. The number of halogens is 1. The van der Waals surface area contributed by atoms with Crippen molar-refractivity contribution in [3.63, 3.8) is 0 Å². The molecule has 0 fully saturated rings. The predicted octanol–water partition coefficient (Wildman–Crippen LogP) is 1.98. The normalized spacial score (nSPS) is 11.4. The van der Waals surface area contributed by atoms with Crippen LogP contribution in [0.25, 0.3) is 0 Å². The van der Waals surface area contributed by atoms with Crippen molar-refractivity contribution in [3.8, 4) is 0 Å². The van der Waals surface area contributed by atoms with Gasteiger partial charge in [0, 0.05) is 18.0 Å². The number of anilines is 1. The summed E-state index contributed by atoms with van der Waals surface area (Å²) in [6, 6.07) is 4.41. The zero-order valence-corrected chi connectivity index (χ0v) is 10.3. The van der Waals surface area contributed by atoms with E-state index in [1.54, 1.807) is 13.0 Å². The molecule has 0 atom stereocenters. The predicted molar refractivity (Wildman–Crippen MR) is 64.0 cm³/mol. The molecule has 0 aliphatic rings. The Labute approximate surface area is 95.6 Å². The summed E-state index contributed by atoms with van der Waals surface area (Å²) in [7, 11) is -2.97. The second-order valence-corrected chi connectivity index (χ2v) is 6.10. The van der Waals surface area contributed by atoms with Crippen LogP contribution in [-0.4, -0.2) is 26.5 Å². The molecule has 0 aliphatic carbocycles. The zero-order chi connectivity index (χ0) is 12.2. The number of aryl methyl sites for hydroxylation is 1. The van der Waals surface area contributed by atoms with Crippen LogP contribution in [0.3, 0.4) is 0 Å². The van der Waals surface area contributed by atoms with Crippen LogP contribution in [0, 0.1) is 12.7 Å². The van der Waals surface area contributed by atoms with Gasteiger partial charge in [-0.3, -0.25) is 0 Å². The van der Waals surface area contributed by atoms with Crippen molar-refractivity contribution >= 4 is 15.5 Å². The van der Waals surface area contributed by atoms with Gasteiger partial charge in [0.05, 0.1) is 5.75 Å². The van der Waals surface area contributed by atoms with E-state index < -0.39 is 9.84 Å². The van der Waals surface area contributed by atoms with E-state index in [2.05, 4.69) is 5.32 Å². The molecule has 0 spiro atoms. The van der Waals surface area contributed by atoms with Crippen molar-refractivity contribution in [3.05, 3.63) is 29.6 Å². The molecule has 1 aromatic rings. The number of hydrogen-bond acceptors (Lipinski definition) is 3. The molecule has 0 bridgehead atoms. The molecule has 0 aliphatic heterocycles. The van der Waals surface area contributed by atoms with Crippen molar-refractivity contribution in [2.24, 2.45) is 0 Å². The second-order valence-electron chi connectivity index (χ2n) is 3.62. The lowest BCUT2D eigenvalue weighted by Crippen LogP contribution is -2.17. The molecule has 3 nitrogen and oxygen atoms in total. The summed E-state index contributed by atoms with van der Waals surface area (Å²) >= 11 is 0. The van der Waals surface area contributed by atoms with Gasteiger partial charge < -0.3 is 5.32 Å². The Kier molecular flexibility index (Phi) is 4.29. The molecular formula is C11H16FNO2S. The molecule has 90 valence electrons. The number of benzene rings is 1. The standard InChI is InChI=1S/C11H16FNO2S/c1-3-16(14,15)7-6-13-11-8-10(12)5-4-9(11)2/h4-5,8,13H,3,6-7H2,1-2H3. The third kappa shape index (κ3) is 3.81. The van der Waals surface area contributed by atoms with E-state index in [0.717, 1.165) is 5.56 Å². The van der Waals surface area contributed by atoms with Gasteiger partial charge in [0.25, 0.3) is 0 Å². The summed E-state index contributed by atoms with van der Waals surface area (Å²) < 4.78 is 35.4. The van der Waals surface area contributed by atoms with Gasteiger partial charge >= 0.3 is 0 Å². The third-order valence-corrected chi connectivity index (χ3v) is 4.07. The van der Waals surface area contributed by atoms with E-state index in [-0.39, 0.29) is 17.3 Å². The first-order valence-corrected chi connectivity index (χ1v) is 6.97. The van der Waals surface area contributed by atoms with E-state index in [9.17, 15) is 12.8 Å². The molecule has 1 aromatic carbocycles. The monoisotopic (exact) mass is 245 g/mol. The number of rotatable bonds is 5. The number of hydrogen-bond donors (Lipinski definition) is 1. The first-order valence-electron chi connectivity index (χ1n) is 5.15. The van der Waals surface area contributed by atoms with Crippen molar-refractivity contribution in [2.45, 2.75) is 13.8 Å². The van der Waals surface area contributed by atoms with E-state index in [1.165, 1.54) is 12.1 Å². The highest BCUT2D eigenvalue weighted by Gasteiger charge is 2.07. The quantitative estimate of drug-likeness (QED) is 0.862. The maximum Gasteiger partial charge on any atom is 0.151 e. The largest absolute Gasteiger partial charge is 0.384 e. The zero-order valence-electron chi connectivity index (χ0n) is 9.46. The molecule has 5 heteroatoms. The number of sulfone groups is 1. The molecule has 0 saturated carbocycles. The fraction of sp³-hybridized carbons (Fsp3) is 0.455. The molecule has 0 unspecified atom stereocenters. The van der Waals surface area contributed by atoms with E-state index in [0.29, 0.717) is 12.2 Å². The Morgan fingerprint density at radius 1 is 1.38 bits per heavy atom. The van der Waals surface area contributed by atoms with Crippen molar-refractivity contribution in [1.82, 2.24) is 0 Å². The molecule has 0 amide bonds. The molecule has 0 aromatic heterocycles. The average molecular weight is 245 g/mol. The lowest BCUT2D eigenvalue weighted by molar-refractivity contribution is 0.597. The second kappa shape index (κ2) is 5.30. The molecular weight excluding hydrogens is 229 g/mol. The fourth-order valence-corrected chi connectivity index (χ4v) is 1.97. The molecule has 1 rings (SSSR count). The SMILES string of the molecule is CCS(=O)(=O)CCNc1cc(F)ccc1C. The maximum absolute atomic E-state index is 12.9. The van der Waals surface area contributed by atoms with Crippen LogP contribution >= 0.6 is 0 Å². The van der Waals surface area contributed by atoms with Gasteiger partial charge in [-0.2, -0.15) is 0 Å². The summed E-state index contributed by atoms with van der Waals surface area (Å²) in [5.41, 5.74) is 1.54. The molecule has 1 N–H and O–H groups in total. The Morgan fingerprint density at radius 2 is 2.06 bits per heavy atom. The summed E-state index contributed by atoms with van der Waals surface area (Å²) in [6.07, 6.45) is 0. The van der Waals surface area contributed by atoms with Crippen LogP contribution in [0.15, 0.2) is 18.2 Å². The van der Waals surface area contributed by atoms with Crippen LogP contribution in [0.5, 0.6) is 0 Å². The summed E-state index contributed by atoms with van der Waals surface area (Å²) in [6.45, 7) is 3.76. The van der Waals surface area contributed by atoms with Crippen LogP contribution in [0.4, 0.5) is 10.1 Å². The number of nitrogens with one attached hydrogen (secondary N) is 1. The molecule has 0 saturated heterocycles. The Morgan fingerprint density at radius 3 is 2.69 bits per heavy atom. The highest BCUT2D eigenvalue weighted by atomic mass is 32.2. The van der Waals surface area contributed by atoms with E-state index >= 15 is 0 Å². The minimum absolute atomic E-state index is 0.0689. The van der Waals surface area contributed by atoms with Gasteiger partial charge in [-0.25, -0.2) is 12.8 Å². The summed E-state index contributed by atoms with van der Waals surface area (Å²) in [4.78, 5) is 0. The van der Waals surface area contributed by atoms with Crippen LogP contribution in [0.2, 0.25) is 0 Å². The lowest BCUT2D eigenvalue weighted by Gasteiger charge is -2.09. The average Bonchev–Trinajstić information content (AvgIpc) is 2.23. The first kappa shape index (κ1) is 13.0. The Hall–Kier alpha value is -1.10. The summed E-state index contributed by atoms with van der Waals surface area (Å²) in [5.74, 6) is -0.123. The van der Waals surface area contributed by atoms with Gasteiger partial charge in [0.15, 0.2) is 9.84 Å². The lowest BCUT2D eigenvalue weighted by atomic mass is 10.2. The smallest absolute Gasteiger partial charge is 0.151 e. The van der Waals surface area contributed by atoms with Gasteiger partial charge in [-0.15, -0.1) is 0 Å². The Bertz CT molecular complexity index is 457. The van der Waals surface area contributed by atoms with E-state index in [4.69, 9.17) is 0 Å². The topological polar surface area (TPSA) is 46.2 Å². The van der Waals surface area contributed by atoms with Crippen molar-refractivity contribution < 1.29 is 12.8 Å². The highest BCUT2D eigenvalue weighted by Crippen LogP contribution is 2.15. The minimum atomic E-state index is -2.97. The van der Waals surface area contributed by atoms with Crippen LogP contribution < -0.4 is 5.32 Å². The maximum atomic E-state index is 12.9. The molecule has 16 heavy (non-hydrogen) atoms. The van der Waals surface area contributed by atoms with Crippen molar-refractivity contribution in [1.29, 1.82) is 0 Å². The van der Waals surface area contributed by atoms with Crippen LogP contribution in [0.1, 0.15) is 12.5 Å².